The van der Waals surface area contributed by atoms with Crippen LogP contribution in [0.5, 0.6) is 0 Å². The highest BCUT2D eigenvalue weighted by atomic mass is 32.3. The van der Waals surface area contributed by atoms with Gasteiger partial charge in [-0.15, -0.1) is 0 Å². The van der Waals surface area contributed by atoms with Crippen molar-refractivity contribution in [3.63, 3.8) is 0 Å². The first-order valence-corrected chi connectivity index (χ1v) is 6.59. The molecule has 0 radical (unpaired) electrons. The first-order valence-electron chi connectivity index (χ1n) is 2.89. The molecular formula is C4H9NO6S2. The minimum atomic E-state index is -4.16. The Balaban J connectivity index is 5.40. The third kappa shape index (κ3) is 3.19. The number of hydrogen-bond acceptors (Lipinski definition) is 6. The van der Waals surface area contributed by atoms with Crippen molar-refractivity contribution in [3.05, 3.63) is 0 Å². The molecule has 0 aliphatic heterocycles. The summed E-state index contributed by atoms with van der Waals surface area (Å²) in [6, 6.07) is 0. The minimum Gasteiger partial charge on any atom is -0.451 e. The van der Waals surface area contributed by atoms with Gasteiger partial charge < -0.3 is 4.74 Å². The van der Waals surface area contributed by atoms with Crippen molar-refractivity contribution >= 4 is 26.1 Å². The van der Waals surface area contributed by atoms with Crippen molar-refractivity contribution in [1.29, 1.82) is 0 Å². The van der Waals surface area contributed by atoms with Gasteiger partial charge >= 0.3 is 6.09 Å². The van der Waals surface area contributed by atoms with E-state index in [1.54, 1.807) is 0 Å². The highest BCUT2D eigenvalue weighted by Crippen LogP contribution is 2.06. The topological polar surface area (TPSA) is 97.8 Å². The first-order chi connectivity index (χ1) is 5.60. The summed E-state index contributed by atoms with van der Waals surface area (Å²) >= 11 is 0. The number of sulfonamides is 2. The molecule has 0 fully saturated rings. The van der Waals surface area contributed by atoms with E-state index in [1.165, 1.54) is 0 Å². The fourth-order valence-corrected chi connectivity index (χ4v) is 3.25. The average molecular weight is 231 g/mol. The summed E-state index contributed by atoms with van der Waals surface area (Å²) in [5.41, 5.74) is 0. The Labute approximate surface area is 76.4 Å². The van der Waals surface area contributed by atoms with Gasteiger partial charge in [0.05, 0.1) is 19.6 Å². The van der Waals surface area contributed by atoms with Crippen LogP contribution < -0.4 is 0 Å². The second kappa shape index (κ2) is 3.50. The Bertz CT molecular complexity index is 360. The quantitative estimate of drug-likeness (QED) is 0.603. The van der Waals surface area contributed by atoms with Crippen molar-refractivity contribution < 1.29 is 26.4 Å². The molecule has 0 bridgehead atoms. The molecule has 0 aromatic carbocycles. The van der Waals surface area contributed by atoms with E-state index >= 15 is 0 Å². The average Bonchev–Trinajstić information content (AvgIpc) is 1.80. The van der Waals surface area contributed by atoms with Gasteiger partial charge in [0.15, 0.2) is 0 Å². The van der Waals surface area contributed by atoms with Crippen LogP contribution in [0.15, 0.2) is 0 Å². The van der Waals surface area contributed by atoms with Gasteiger partial charge in [0.25, 0.3) is 0 Å². The molecule has 9 heteroatoms. The third-order valence-corrected chi connectivity index (χ3v) is 4.05. The normalized spacial score (nSPS) is 12.2. The van der Waals surface area contributed by atoms with Crippen LogP contribution in [-0.2, 0) is 24.8 Å². The van der Waals surface area contributed by atoms with E-state index in [4.69, 9.17) is 0 Å². The Morgan fingerprint density at radius 2 is 1.38 bits per heavy atom. The fourth-order valence-electron chi connectivity index (χ4n) is 0.591. The monoisotopic (exact) mass is 231 g/mol. The SMILES string of the molecule is COC(=O)N(S(C)(=O)=O)S(C)(=O)=O. The number of amides is 1. The Morgan fingerprint density at radius 1 is 1.08 bits per heavy atom. The van der Waals surface area contributed by atoms with Crippen molar-refractivity contribution in [2.45, 2.75) is 0 Å². The largest absolute Gasteiger partial charge is 0.451 e. The van der Waals surface area contributed by atoms with Crippen LogP contribution >= 0.6 is 0 Å². The molecule has 0 N–H and O–H groups in total. The zero-order valence-electron chi connectivity index (χ0n) is 7.21. The van der Waals surface area contributed by atoms with E-state index < -0.39 is 26.1 Å². The van der Waals surface area contributed by atoms with Crippen LogP contribution in [0.4, 0.5) is 4.79 Å². The van der Waals surface area contributed by atoms with Crippen LogP contribution in [0.1, 0.15) is 0 Å². The molecule has 78 valence electrons. The number of methoxy groups -OCH3 is 1. The van der Waals surface area contributed by atoms with Crippen molar-refractivity contribution in [2.75, 3.05) is 19.6 Å². The number of ether oxygens (including phenoxy) is 1. The fraction of sp³-hybridized carbons (Fsp3) is 0.750. The van der Waals surface area contributed by atoms with E-state index in [0.717, 1.165) is 7.11 Å². The predicted octanol–water partition coefficient (Wildman–Crippen LogP) is -1.03. The molecule has 0 saturated carbocycles. The van der Waals surface area contributed by atoms with Crippen LogP contribution in [0.2, 0.25) is 0 Å². The molecule has 0 aromatic heterocycles. The maximum Gasteiger partial charge on any atom is 0.437 e. The molecule has 0 aliphatic rings. The van der Waals surface area contributed by atoms with E-state index in [0.29, 0.717) is 12.5 Å². The van der Waals surface area contributed by atoms with Gasteiger partial charge in [-0.2, -0.15) is 0 Å². The van der Waals surface area contributed by atoms with Gasteiger partial charge in [0.1, 0.15) is 0 Å². The molecular weight excluding hydrogens is 222 g/mol. The zero-order valence-corrected chi connectivity index (χ0v) is 8.85. The summed E-state index contributed by atoms with van der Waals surface area (Å²) in [4.78, 5) is 10.8. The van der Waals surface area contributed by atoms with Crippen molar-refractivity contribution in [1.82, 2.24) is 3.71 Å². The van der Waals surface area contributed by atoms with E-state index in [1.807, 2.05) is 0 Å². The second-order valence-corrected chi connectivity index (χ2v) is 6.09. The van der Waals surface area contributed by atoms with Crippen LogP contribution in [0.3, 0.4) is 0 Å². The third-order valence-electron chi connectivity index (χ3n) is 0.926. The Hall–Kier alpha value is -0.830. The lowest BCUT2D eigenvalue weighted by Gasteiger charge is -2.15. The summed E-state index contributed by atoms with van der Waals surface area (Å²) < 4.78 is 47.0. The lowest BCUT2D eigenvalue weighted by molar-refractivity contribution is 0.164. The molecule has 0 aliphatic carbocycles. The summed E-state index contributed by atoms with van der Waals surface area (Å²) in [5.74, 6) is 0. The van der Waals surface area contributed by atoms with E-state index in [9.17, 15) is 21.6 Å². The van der Waals surface area contributed by atoms with Gasteiger partial charge in [0.2, 0.25) is 20.0 Å². The molecule has 0 saturated heterocycles. The van der Waals surface area contributed by atoms with Crippen LogP contribution in [-0.4, -0.2) is 46.3 Å². The van der Waals surface area contributed by atoms with Crippen molar-refractivity contribution in [3.8, 4) is 0 Å². The summed E-state index contributed by atoms with van der Waals surface area (Å²) in [6.07, 6.45) is -0.277. The first kappa shape index (κ1) is 12.2. The maximum absolute atomic E-state index is 10.8. The lowest BCUT2D eigenvalue weighted by atomic mass is 11.2. The molecule has 13 heavy (non-hydrogen) atoms. The van der Waals surface area contributed by atoms with Gasteiger partial charge in [-0.05, 0) is 0 Å². The smallest absolute Gasteiger partial charge is 0.437 e. The molecule has 7 nitrogen and oxygen atoms in total. The predicted molar refractivity (Wildman–Crippen MR) is 43.9 cm³/mol. The molecule has 0 atom stereocenters. The molecule has 0 spiro atoms. The standard InChI is InChI=1S/C4H9NO6S2/c1-11-4(6)5(12(2,7)8)13(3,9)10/h1-3H3. The summed E-state index contributed by atoms with van der Waals surface area (Å²) in [6.45, 7) is 0. The van der Waals surface area contributed by atoms with E-state index in [-0.39, 0.29) is 3.71 Å². The second-order valence-electron chi connectivity index (χ2n) is 2.19. The van der Waals surface area contributed by atoms with Gasteiger partial charge in [-0.1, -0.05) is 3.71 Å². The van der Waals surface area contributed by atoms with Gasteiger partial charge in [0, 0.05) is 0 Å². The number of carbonyl (C=O) groups excluding carboxylic acids is 1. The highest BCUT2D eigenvalue weighted by molar-refractivity contribution is 8.04. The van der Waals surface area contributed by atoms with Gasteiger partial charge in [-0.25, -0.2) is 21.6 Å². The van der Waals surface area contributed by atoms with Crippen LogP contribution in [0.25, 0.3) is 0 Å². The van der Waals surface area contributed by atoms with E-state index in [2.05, 4.69) is 4.74 Å². The Kier molecular flexibility index (Phi) is 3.28. The molecule has 0 unspecified atom stereocenters. The number of rotatable bonds is 2. The number of nitrogens with zero attached hydrogens (tertiary/aromatic N) is 1. The number of hydrogen-bond donors (Lipinski definition) is 0. The summed E-state index contributed by atoms with van der Waals surface area (Å²) in [7, 11) is -7.45. The maximum atomic E-state index is 10.8. The summed E-state index contributed by atoms with van der Waals surface area (Å²) in [5, 5.41) is 0. The lowest BCUT2D eigenvalue weighted by Crippen LogP contribution is -2.40. The van der Waals surface area contributed by atoms with Gasteiger partial charge in [-0.3, -0.25) is 0 Å². The molecule has 0 aromatic rings. The molecule has 1 amide bonds. The van der Waals surface area contributed by atoms with Crippen molar-refractivity contribution in [2.24, 2.45) is 0 Å². The molecule has 0 rings (SSSR count). The Morgan fingerprint density at radius 3 is 1.46 bits per heavy atom. The number of carbonyl (C=O) groups is 1. The highest BCUT2D eigenvalue weighted by Gasteiger charge is 2.33. The molecule has 0 heterocycles. The van der Waals surface area contributed by atoms with Crippen LogP contribution in [0, 0.1) is 0 Å². The minimum absolute atomic E-state index is 0.319. The zero-order chi connectivity index (χ0) is 10.9.